The van der Waals surface area contributed by atoms with Gasteiger partial charge in [0.15, 0.2) is 0 Å². The minimum atomic E-state index is -1.81. The average Bonchev–Trinajstić information content (AvgIpc) is 1.78. The van der Waals surface area contributed by atoms with Crippen molar-refractivity contribution in [2.75, 3.05) is 13.1 Å². The van der Waals surface area contributed by atoms with E-state index in [2.05, 4.69) is 12.2 Å². The summed E-state index contributed by atoms with van der Waals surface area (Å²) < 4.78 is 20.5. The van der Waals surface area contributed by atoms with Crippen molar-refractivity contribution in [1.29, 1.82) is 0 Å². The first kappa shape index (κ1) is 3.08. The number of hydrogen-bond acceptors (Lipinski definition) is 1. The van der Waals surface area contributed by atoms with Gasteiger partial charge in [-0.25, -0.2) is 0 Å². The summed E-state index contributed by atoms with van der Waals surface area (Å²) in [5.41, 5.74) is 0. The Labute approximate surface area is 50.3 Å². The van der Waals surface area contributed by atoms with Crippen molar-refractivity contribution in [1.82, 2.24) is 5.32 Å². The summed E-state index contributed by atoms with van der Waals surface area (Å²) in [6, 6.07) is 0. The van der Waals surface area contributed by atoms with E-state index in [9.17, 15) is 0 Å². The van der Waals surface area contributed by atoms with Crippen LogP contribution in [0.3, 0.4) is 0 Å². The van der Waals surface area contributed by atoms with Gasteiger partial charge in [-0.2, -0.15) is 0 Å². The van der Waals surface area contributed by atoms with E-state index in [1.165, 1.54) is 0 Å². The molecule has 0 saturated carbocycles. The summed E-state index contributed by atoms with van der Waals surface area (Å²) in [5.74, 6) is 0. The Hall–Kier alpha value is -0.0400. The van der Waals surface area contributed by atoms with Crippen LogP contribution in [0.5, 0.6) is 0 Å². The lowest BCUT2D eigenvalue weighted by molar-refractivity contribution is 0.663. The third kappa shape index (κ3) is 5.96. The highest BCUT2D eigenvalue weighted by Crippen LogP contribution is 1.80. The Balaban J connectivity index is 3.04. The van der Waals surface area contributed by atoms with E-state index < -0.39 is 6.85 Å². The van der Waals surface area contributed by atoms with Crippen LogP contribution in [-0.2, 0) is 0 Å². The summed E-state index contributed by atoms with van der Waals surface area (Å²) in [6.07, 6.45) is 2.16. The van der Waals surface area contributed by atoms with Crippen LogP contribution in [0.4, 0.5) is 0 Å². The van der Waals surface area contributed by atoms with Crippen LogP contribution in [-0.4, -0.2) is 13.1 Å². The molecule has 0 aromatic rings. The van der Waals surface area contributed by atoms with Crippen molar-refractivity contribution in [3.63, 3.8) is 0 Å². The molecular formula is C6H15N. The molecule has 0 rings (SSSR count). The first-order valence-electron chi connectivity index (χ1n) is 4.27. The zero-order valence-corrected chi connectivity index (χ0v) is 4.83. The Morgan fingerprint density at radius 2 is 2.57 bits per heavy atom. The standard InChI is InChI=1S/C6H15N/c1-3-5-6-7-4-2/h7H,3-6H2,1-2H3/i2D3. The molecule has 0 spiro atoms. The highest BCUT2D eigenvalue weighted by molar-refractivity contribution is 4.39. The van der Waals surface area contributed by atoms with E-state index in [0.29, 0.717) is 0 Å². The highest BCUT2D eigenvalue weighted by Gasteiger charge is 1.77. The van der Waals surface area contributed by atoms with Gasteiger partial charge in [0.1, 0.15) is 0 Å². The molecule has 0 unspecified atom stereocenters. The minimum Gasteiger partial charge on any atom is -0.317 e. The maximum Gasteiger partial charge on any atom is 0.0243 e. The Morgan fingerprint density at radius 3 is 3.14 bits per heavy atom. The molecule has 0 amide bonds. The van der Waals surface area contributed by atoms with Gasteiger partial charge in [-0.3, -0.25) is 0 Å². The molecule has 0 saturated heterocycles. The number of unbranched alkanes of at least 4 members (excludes halogenated alkanes) is 1. The molecule has 1 N–H and O–H groups in total. The first-order chi connectivity index (χ1) is 4.56. The lowest BCUT2D eigenvalue weighted by Crippen LogP contribution is -2.13. The highest BCUT2D eigenvalue weighted by atomic mass is 14.8. The van der Waals surface area contributed by atoms with E-state index in [4.69, 9.17) is 4.11 Å². The fourth-order valence-corrected chi connectivity index (χ4v) is 0.390. The van der Waals surface area contributed by atoms with E-state index in [0.717, 1.165) is 19.4 Å². The molecule has 0 atom stereocenters. The van der Waals surface area contributed by atoms with E-state index in [-0.39, 0.29) is 6.54 Å². The van der Waals surface area contributed by atoms with E-state index in [1.54, 1.807) is 0 Å². The van der Waals surface area contributed by atoms with E-state index >= 15 is 0 Å². The zero-order chi connectivity index (χ0) is 8.04. The van der Waals surface area contributed by atoms with Crippen molar-refractivity contribution < 1.29 is 4.11 Å². The summed E-state index contributed by atoms with van der Waals surface area (Å²) in [5, 5.41) is 2.86. The number of hydrogen-bond donors (Lipinski definition) is 1. The smallest absolute Gasteiger partial charge is 0.0243 e. The van der Waals surface area contributed by atoms with Gasteiger partial charge in [0.05, 0.1) is 0 Å². The Kier molecular flexibility index (Phi) is 2.62. The maximum atomic E-state index is 6.84. The molecule has 7 heavy (non-hydrogen) atoms. The maximum absolute atomic E-state index is 6.84. The predicted octanol–water partition coefficient (Wildman–Crippen LogP) is 1.40. The van der Waals surface area contributed by atoms with Crippen LogP contribution in [0.1, 0.15) is 30.7 Å². The van der Waals surface area contributed by atoms with Gasteiger partial charge >= 0.3 is 0 Å². The van der Waals surface area contributed by atoms with Crippen molar-refractivity contribution in [2.24, 2.45) is 0 Å². The molecule has 0 bridgehead atoms. The van der Waals surface area contributed by atoms with Crippen LogP contribution in [0.2, 0.25) is 0 Å². The largest absolute Gasteiger partial charge is 0.317 e. The monoisotopic (exact) mass is 104 g/mol. The average molecular weight is 104 g/mol. The molecule has 1 heteroatoms. The number of nitrogens with one attached hydrogen (secondary N) is 1. The topological polar surface area (TPSA) is 12.0 Å². The summed E-state index contributed by atoms with van der Waals surface area (Å²) in [7, 11) is 0. The summed E-state index contributed by atoms with van der Waals surface area (Å²) in [4.78, 5) is 0. The van der Waals surface area contributed by atoms with Crippen molar-refractivity contribution in [3.05, 3.63) is 0 Å². The predicted molar refractivity (Wildman–Crippen MR) is 33.5 cm³/mol. The molecule has 44 valence electrons. The molecule has 0 heterocycles. The van der Waals surface area contributed by atoms with Crippen molar-refractivity contribution in [2.45, 2.75) is 26.6 Å². The fourth-order valence-electron chi connectivity index (χ4n) is 0.390. The second kappa shape index (κ2) is 5.96. The van der Waals surface area contributed by atoms with Gasteiger partial charge in [-0.1, -0.05) is 20.2 Å². The molecular weight excluding hydrogens is 86.1 g/mol. The SMILES string of the molecule is [2H]C([2H])([2H])CNCCCC. The molecule has 0 aliphatic carbocycles. The van der Waals surface area contributed by atoms with Crippen LogP contribution < -0.4 is 5.32 Å². The second-order valence-corrected chi connectivity index (χ2v) is 1.53. The van der Waals surface area contributed by atoms with Gasteiger partial charge in [-0.05, 0) is 19.5 Å². The van der Waals surface area contributed by atoms with Gasteiger partial charge in [0.25, 0.3) is 0 Å². The van der Waals surface area contributed by atoms with Crippen LogP contribution in [0, 0.1) is 0 Å². The summed E-state index contributed by atoms with van der Waals surface area (Å²) >= 11 is 0. The normalized spacial score (nSPS) is 17.6. The quantitative estimate of drug-likeness (QED) is 0.531. The Bertz CT molecular complexity index is 79.6. The van der Waals surface area contributed by atoms with Crippen molar-refractivity contribution in [3.8, 4) is 0 Å². The minimum absolute atomic E-state index is 0.132. The van der Waals surface area contributed by atoms with Crippen LogP contribution >= 0.6 is 0 Å². The van der Waals surface area contributed by atoms with Crippen molar-refractivity contribution >= 4 is 0 Å². The zero-order valence-electron chi connectivity index (χ0n) is 7.83. The molecule has 0 aromatic heterocycles. The third-order valence-electron chi connectivity index (χ3n) is 0.832. The Morgan fingerprint density at radius 1 is 1.71 bits per heavy atom. The lowest BCUT2D eigenvalue weighted by atomic mass is 10.3. The van der Waals surface area contributed by atoms with E-state index in [1.807, 2.05) is 0 Å². The van der Waals surface area contributed by atoms with Crippen LogP contribution in [0.25, 0.3) is 0 Å². The second-order valence-electron chi connectivity index (χ2n) is 1.53. The molecule has 0 aliphatic heterocycles. The fraction of sp³-hybridized carbons (Fsp3) is 1.00. The van der Waals surface area contributed by atoms with Gasteiger partial charge in [0.2, 0.25) is 0 Å². The van der Waals surface area contributed by atoms with Crippen LogP contribution in [0.15, 0.2) is 0 Å². The van der Waals surface area contributed by atoms with Gasteiger partial charge in [-0.15, -0.1) is 0 Å². The van der Waals surface area contributed by atoms with Gasteiger partial charge < -0.3 is 5.32 Å². The molecule has 0 aliphatic rings. The lowest BCUT2D eigenvalue weighted by Gasteiger charge is -1.95. The molecule has 0 aromatic carbocycles. The summed E-state index contributed by atoms with van der Waals surface area (Å²) in [6.45, 7) is 1.21. The molecule has 0 fully saturated rings. The molecule has 0 radical (unpaired) electrons. The van der Waals surface area contributed by atoms with Gasteiger partial charge in [0, 0.05) is 4.11 Å². The number of rotatable bonds is 4. The third-order valence-corrected chi connectivity index (χ3v) is 0.832. The first-order valence-corrected chi connectivity index (χ1v) is 2.77. The molecule has 1 nitrogen and oxygen atoms in total.